The second-order valence-corrected chi connectivity index (χ2v) is 5.58. The molecule has 22 heavy (non-hydrogen) atoms. The van der Waals surface area contributed by atoms with Crippen LogP contribution in [0.15, 0.2) is 30.3 Å². The Balaban J connectivity index is 1.83. The van der Waals surface area contributed by atoms with E-state index in [0.29, 0.717) is 6.54 Å². The monoisotopic (exact) mass is 306 g/mol. The summed E-state index contributed by atoms with van der Waals surface area (Å²) in [6, 6.07) is 9.52. The second kappa shape index (κ2) is 7.79. The molecule has 0 aliphatic carbocycles. The maximum Gasteiger partial charge on any atom is 0.410 e. The van der Waals surface area contributed by atoms with Crippen molar-refractivity contribution in [2.24, 2.45) is 0 Å². The van der Waals surface area contributed by atoms with Crippen molar-refractivity contribution in [2.75, 3.05) is 26.7 Å². The molecule has 0 bridgehead atoms. The summed E-state index contributed by atoms with van der Waals surface area (Å²) in [6.07, 6.45) is 1.38. The molecule has 1 fully saturated rings. The molecule has 6 nitrogen and oxygen atoms in total. The Morgan fingerprint density at radius 1 is 1.36 bits per heavy atom. The number of carboxylic acids is 1. The number of amides is 1. The first kappa shape index (κ1) is 16.3. The van der Waals surface area contributed by atoms with E-state index in [9.17, 15) is 9.59 Å². The van der Waals surface area contributed by atoms with Crippen LogP contribution in [0, 0.1) is 0 Å². The first-order chi connectivity index (χ1) is 10.6. The first-order valence-electron chi connectivity index (χ1n) is 7.44. The average molecular weight is 306 g/mol. The Morgan fingerprint density at radius 2 is 2.09 bits per heavy atom. The van der Waals surface area contributed by atoms with Crippen molar-refractivity contribution in [2.45, 2.75) is 25.5 Å². The van der Waals surface area contributed by atoms with Crippen LogP contribution in [-0.4, -0.2) is 59.7 Å². The molecule has 1 aromatic carbocycles. The molecule has 0 unspecified atom stereocenters. The zero-order valence-electron chi connectivity index (χ0n) is 12.8. The number of likely N-dealkylation sites (N-methyl/N-ethyl adjacent to an activating group) is 1. The van der Waals surface area contributed by atoms with Crippen LogP contribution in [-0.2, 0) is 16.1 Å². The molecule has 0 radical (unpaired) electrons. The standard InChI is InChI=1S/C16H22N2O4/c1-17(14-8-5-9-18(10-14)11-15(19)20)16(21)22-12-13-6-3-2-4-7-13/h2-4,6-7,14H,5,8-12H2,1H3,(H,19,20)/t14-/m1/s1. The van der Waals surface area contributed by atoms with Gasteiger partial charge in [-0.05, 0) is 24.9 Å². The topological polar surface area (TPSA) is 70.1 Å². The van der Waals surface area contributed by atoms with E-state index >= 15 is 0 Å². The largest absolute Gasteiger partial charge is 0.480 e. The van der Waals surface area contributed by atoms with Crippen molar-refractivity contribution in [3.8, 4) is 0 Å². The number of nitrogens with zero attached hydrogens (tertiary/aromatic N) is 2. The minimum Gasteiger partial charge on any atom is -0.480 e. The normalized spacial score (nSPS) is 18.7. The Hall–Kier alpha value is -2.08. The summed E-state index contributed by atoms with van der Waals surface area (Å²) in [7, 11) is 1.71. The molecule has 1 saturated heterocycles. The lowest BCUT2D eigenvalue weighted by molar-refractivity contribution is -0.138. The zero-order chi connectivity index (χ0) is 15.9. The van der Waals surface area contributed by atoms with E-state index in [-0.39, 0.29) is 25.3 Å². The molecule has 1 atom stereocenters. The first-order valence-corrected chi connectivity index (χ1v) is 7.44. The Morgan fingerprint density at radius 3 is 2.77 bits per heavy atom. The summed E-state index contributed by atoms with van der Waals surface area (Å²) in [6.45, 7) is 1.60. The van der Waals surface area contributed by atoms with E-state index < -0.39 is 5.97 Å². The number of rotatable bonds is 5. The van der Waals surface area contributed by atoms with Gasteiger partial charge in [0.15, 0.2) is 0 Å². The highest BCUT2D eigenvalue weighted by Gasteiger charge is 2.27. The number of ether oxygens (including phenoxy) is 1. The molecule has 0 aromatic heterocycles. The molecule has 6 heteroatoms. The van der Waals surface area contributed by atoms with Crippen molar-refractivity contribution in [1.29, 1.82) is 0 Å². The quantitative estimate of drug-likeness (QED) is 0.898. The SMILES string of the molecule is CN(C(=O)OCc1ccccc1)[C@@H]1CCCN(CC(=O)O)C1. The van der Waals surface area contributed by atoms with Gasteiger partial charge in [0.25, 0.3) is 0 Å². The fraction of sp³-hybridized carbons (Fsp3) is 0.500. The van der Waals surface area contributed by atoms with Gasteiger partial charge in [-0.25, -0.2) is 4.79 Å². The average Bonchev–Trinajstić information content (AvgIpc) is 2.52. The van der Waals surface area contributed by atoms with Crippen LogP contribution in [0.25, 0.3) is 0 Å². The number of likely N-dealkylation sites (tertiary alicyclic amines) is 1. The van der Waals surface area contributed by atoms with Gasteiger partial charge in [0, 0.05) is 19.6 Å². The minimum atomic E-state index is -0.838. The maximum atomic E-state index is 12.1. The van der Waals surface area contributed by atoms with Crippen LogP contribution in [0.3, 0.4) is 0 Å². The van der Waals surface area contributed by atoms with Crippen LogP contribution in [0.1, 0.15) is 18.4 Å². The third-order valence-electron chi connectivity index (χ3n) is 3.88. The van der Waals surface area contributed by atoms with Crippen molar-refractivity contribution >= 4 is 12.1 Å². The lowest BCUT2D eigenvalue weighted by atomic mass is 10.0. The predicted molar refractivity (Wildman–Crippen MR) is 81.5 cm³/mol. The summed E-state index contributed by atoms with van der Waals surface area (Å²) in [5.74, 6) is -0.838. The van der Waals surface area contributed by atoms with Gasteiger partial charge >= 0.3 is 12.1 Å². The van der Waals surface area contributed by atoms with Crippen molar-refractivity contribution in [3.05, 3.63) is 35.9 Å². The predicted octanol–water partition coefficient (Wildman–Crippen LogP) is 1.80. The third-order valence-corrected chi connectivity index (χ3v) is 3.88. The van der Waals surface area contributed by atoms with E-state index in [2.05, 4.69) is 0 Å². The summed E-state index contributed by atoms with van der Waals surface area (Å²) >= 11 is 0. The number of carboxylic acid groups (broad SMARTS) is 1. The molecular weight excluding hydrogens is 284 g/mol. The van der Waals surface area contributed by atoms with Crippen LogP contribution < -0.4 is 0 Å². The van der Waals surface area contributed by atoms with E-state index in [1.54, 1.807) is 11.9 Å². The summed E-state index contributed by atoms with van der Waals surface area (Å²) in [5, 5.41) is 8.86. The van der Waals surface area contributed by atoms with Crippen LogP contribution >= 0.6 is 0 Å². The van der Waals surface area contributed by atoms with Gasteiger partial charge in [-0.15, -0.1) is 0 Å². The third kappa shape index (κ3) is 4.73. The van der Waals surface area contributed by atoms with E-state index in [1.165, 1.54) is 0 Å². The molecule has 0 spiro atoms. The molecule has 1 heterocycles. The Labute approximate surface area is 130 Å². The molecule has 120 valence electrons. The maximum absolute atomic E-state index is 12.1. The summed E-state index contributed by atoms with van der Waals surface area (Å²) in [4.78, 5) is 26.3. The van der Waals surface area contributed by atoms with Crippen LogP contribution in [0.4, 0.5) is 4.79 Å². The second-order valence-electron chi connectivity index (χ2n) is 5.58. The van der Waals surface area contributed by atoms with E-state index in [4.69, 9.17) is 9.84 Å². The number of carbonyl (C=O) groups is 2. The van der Waals surface area contributed by atoms with Gasteiger partial charge in [0.2, 0.25) is 0 Å². The summed E-state index contributed by atoms with van der Waals surface area (Å²) in [5.41, 5.74) is 0.945. The highest BCUT2D eigenvalue weighted by molar-refractivity contribution is 5.69. The van der Waals surface area contributed by atoms with E-state index in [1.807, 2.05) is 35.2 Å². The van der Waals surface area contributed by atoms with Crippen molar-refractivity contribution in [3.63, 3.8) is 0 Å². The summed E-state index contributed by atoms with van der Waals surface area (Å²) < 4.78 is 5.31. The molecular formula is C16H22N2O4. The van der Waals surface area contributed by atoms with E-state index in [0.717, 1.165) is 24.9 Å². The molecule has 0 saturated carbocycles. The Kier molecular flexibility index (Phi) is 5.77. The number of aliphatic carboxylic acids is 1. The number of hydrogen-bond acceptors (Lipinski definition) is 4. The van der Waals surface area contributed by atoms with Gasteiger partial charge in [-0.3, -0.25) is 9.69 Å². The molecule has 1 aliphatic heterocycles. The minimum absolute atomic E-state index is 0.00336. The Bertz CT molecular complexity index is 506. The van der Waals surface area contributed by atoms with Crippen molar-refractivity contribution < 1.29 is 19.4 Å². The van der Waals surface area contributed by atoms with Crippen molar-refractivity contribution in [1.82, 2.24) is 9.80 Å². The molecule has 1 aromatic rings. The smallest absolute Gasteiger partial charge is 0.410 e. The number of benzene rings is 1. The lowest BCUT2D eigenvalue weighted by Gasteiger charge is -2.36. The van der Waals surface area contributed by atoms with Gasteiger partial charge < -0.3 is 14.7 Å². The number of hydrogen-bond donors (Lipinski definition) is 1. The lowest BCUT2D eigenvalue weighted by Crippen LogP contribution is -2.49. The number of piperidine rings is 1. The van der Waals surface area contributed by atoms with Gasteiger partial charge in [0.1, 0.15) is 6.61 Å². The fourth-order valence-corrected chi connectivity index (χ4v) is 2.65. The van der Waals surface area contributed by atoms with Gasteiger partial charge in [-0.2, -0.15) is 0 Å². The zero-order valence-corrected chi connectivity index (χ0v) is 12.8. The van der Waals surface area contributed by atoms with Crippen LogP contribution in [0.2, 0.25) is 0 Å². The number of carbonyl (C=O) groups excluding carboxylic acids is 1. The molecule has 1 aliphatic rings. The highest BCUT2D eigenvalue weighted by Crippen LogP contribution is 2.16. The fourth-order valence-electron chi connectivity index (χ4n) is 2.65. The molecule has 2 rings (SSSR count). The molecule has 1 N–H and O–H groups in total. The van der Waals surface area contributed by atoms with Gasteiger partial charge in [0.05, 0.1) is 6.54 Å². The molecule has 1 amide bonds. The highest BCUT2D eigenvalue weighted by atomic mass is 16.6. The van der Waals surface area contributed by atoms with Crippen LogP contribution in [0.5, 0.6) is 0 Å². The van der Waals surface area contributed by atoms with Gasteiger partial charge in [-0.1, -0.05) is 30.3 Å².